The van der Waals surface area contributed by atoms with Crippen LogP contribution in [0.4, 0.5) is 11.6 Å². The lowest BCUT2D eigenvalue weighted by atomic mass is 10.2. The second-order valence-electron chi connectivity index (χ2n) is 6.82. The molecular weight excluding hydrogens is 400 g/mol. The molecule has 3 aromatic carbocycles. The van der Waals surface area contributed by atoms with Crippen LogP contribution in [0.25, 0.3) is 21.9 Å². The molecule has 0 bridgehead atoms. The minimum absolute atomic E-state index is 0.289. The summed E-state index contributed by atoms with van der Waals surface area (Å²) in [6.45, 7) is 0.614. The molecule has 2 heterocycles. The zero-order valence-corrected chi connectivity index (χ0v) is 16.5. The monoisotopic (exact) mass is 416 g/mol. The van der Waals surface area contributed by atoms with E-state index in [2.05, 4.69) is 25.3 Å². The van der Waals surface area contributed by atoms with Crippen LogP contribution in [0, 0.1) is 0 Å². The van der Waals surface area contributed by atoms with Crippen molar-refractivity contribution in [2.24, 2.45) is 0 Å². The van der Waals surface area contributed by atoms with Gasteiger partial charge in [0.25, 0.3) is 0 Å². The highest BCUT2D eigenvalue weighted by Gasteiger charge is 2.05. The van der Waals surface area contributed by atoms with Crippen LogP contribution < -0.4 is 15.8 Å². The van der Waals surface area contributed by atoms with E-state index < -0.39 is 0 Å². The molecule has 0 fully saturated rings. The Morgan fingerprint density at radius 2 is 1.80 bits per heavy atom. The number of H-pyrrole nitrogens is 1. The van der Waals surface area contributed by atoms with Crippen LogP contribution in [0.2, 0.25) is 5.02 Å². The minimum Gasteiger partial charge on any atom is -0.424 e. The standard InChI is InChI=1S/C22H17ClN6O/c23-15-3-7-18-14(9-15)12-26-22(29-18)30-17-5-1-13(2-6-17)11-25-21-27-19-8-4-16(24)10-20(19)28-21/h1-10,12H,11,24H2,(H2,25,27,28). The molecule has 0 radical (unpaired) electrons. The van der Waals surface area contributed by atoms with Gasteiger partial charge in [0, 0.05) is 28.8 Å². The Kier molecular flexibility index (Phi) is 4.57. The normalized spacial score (nSPS) is 11.1. The van der Waals surface area contributed by atoms with Crippen molar-refractivity contribution in [2.75, 3.05) is 11.1 Å². The Morgan fingerprint density at radius 3 is 2.67 bits per heavy atom. The molecule has 7 nitrogen and oxygen atoms in total. The predicted octanol–water partition coefficient (Wildman–Crippen LogP) is 5.15. The third kappa shape index (κ3) is 3.83. The molecule has 0 saturated carbocycles. The van der Waals surface area contributed by atoms with Gasteiger partial charge in [-0.25, -0.2) is 9.97 Å². The third-order valence-electron chi connectivity index (χ3n) is 4.62. The number of aromatic nitrogens is 4. The van der Waals surface area contributed by atoms with Crippen molar-refractivity contribution in [2.45, 2.75) is 6.54 Å². The van der Waals surface area contributed by atoms with Gasteiger partial charge in [0.1, 0.15) is 5.75 Å². The van der Waals surface area contributed by atoms with Crippen LogP contribution in [0.5, 0.6) is 11.8 Å². The van der Waals surface area contributed by atoms with Gasteiger partial charge in [-0.2, -0.15) is 4.98 Å². The SMILES string of the molecule is Nc1ccc2nc(NCc3ccc(Oc4ncc5cc(Cl)ccc5n4)cc3)[nH]c2c1. The van der Waals surface area contributed by atoms with Crippen LogP contribution in [0.1, 0.15) is 5.56 Å². The minimum atomic E-state index is 0.289. The Balaban J connectivity index is 1.25. The number of anilines is 2. The average Bonchev–Trinajstić information content (AvgIpc) is 3.15. The van der Waals surface area contributed by atoms with E-state index in [-0.39, 0.29) is 6.01 Å². The summed E-state index contributed by atoms with van der Waals surface area (Å²) >= 11 is 5.99. The van der Waals surface area contributed by atoms with Gasteiger partial charge < -0.3 is 20.8 Å². The molecule has 8 heteroatoms. The number of ether oxygens (including phenoxy) is 1. The first kappa shape index (κ1) is 18.2. The van der Waals surface area contributed by atoms with E-state index in [9.17, 15) is 0 Å². The second kappa shape index (κ2) is 7.53. The molecule has 5 aromatic rings. The summed E-state index contributed by atoms with van der Waals surface area (Å²) in [6, 6.07) is 19.0. The lowest BCUT2D eigenvalue weighted by molar-refractivity contribution is 0.444. The highest BCUT2D eigenvalue weighted by atomic mass is 35.5. The number of nitrogens with two attached hydrogens (primary N) is 1. The van der Waals surface area contributed by atoms with E-state index in [0.717, 1.165) is 27.5 Å². The molecule has 0 aliphatic heterocycles. The molecule has 30 heavy (non-hydrogen) atoms. The summed E-state index contributed by atoms with van der Waals surface area (Å²) < 4.78 is 5.78. The van der Waals surface area contributed by atoms with Gasteiger partial charge in [-0.05, 0) is 54.1 Å². The van der Waals surface area contributed by atoms with Gasteiger partial charge in [-0.15, -0.1) is 0 Å². The number of halogens is 1. The molecule has 148 valence electrons. The number of nitrogen functional groups attached to an aromatic ring is 1. The van der Waals surface area contributed by atoms with Crippen LogP contribution >= 0.6 is 11.6 Å². The van der Waals surface area contributed by atoms with E-state index in [1.165, 1.54) is 0 Å². The fourth-order valence-electron chi connectivity index (χ4n) is 3.11. The molecule has 0 unspecified atom stereocenters. The smallest absolute Gasteiger partial charge is 0.322 e. The van der Waals surface area contributed by atoms with E-state index in [4.69, 9.17) is 22.1 Å². The quantitative estimate of drug-likeness (QED) is 0.342. The maximum atomic E-state index is 5.99. The highest BCUT2D eigenvalue weighted by Crippen LogP contribution is 2.23. The van der Waals surface area contributed by atoms with Crippen molar-refractivity contribution in [1.82, 2.24) is 19.9 Å². The van der Waals surface area contributed by atoms with Gasteiger partial charge in [0.15, 0.2) is 0 Å². The molecule has 0 atom stereocenters. The fourth-order valence-corrected chi connectivity index (χ4v) is 3.29. The summed E-state index contributed by atoms with van der Waals surface area (Å²) in [6.07, 6.45) is 1.70. The number of nitrogens with one attached hydrogen (secondary N) is 2. The molecule has 0 aliphatic carbocycles. The number of aromatic amines is 1. The lowest BCUT2D eigenvalue weighted by Gasteiger charge is -2.07. The second-order valence-corrected chi connectivity index (χ2v) is 7.25. The first-order valence-electron chi connectivity index (χ1n) is 9.31. The molecule has 5 rings (SSSR count). The largest absolute Gasteiger partial charge is 0.424 e. The molecule has 2 aromatic heterocycles. The van der Waals surface area contributed by atoms with Crippen molar-refractivity contribution >= 4 is 45.2 Å². The first-order valence-corrected chi connectivity index (χ1v) is 9.68. The van der Waals surface area contributed by atoms with Crippen LogP contribution in [0.15, 0.2) is 66.9 Å². The first-order chi connectivity index (χ1) is 14.6. The number of imidazole rings is 1. The van der Waals surface area contributed by atoms with Gasteiger partial charge in [0.05, 0.1) is 16.6 Å². The summed E-state index contributed by atoms with van der Waals surface area (Å²) in [4.78, 5) is 16.4. The molecule has 0 amide bonds. The van der Waals surface area contributed by atoms with Gasteiger partial charge in [-0.1, -0.05) is 23.7 Å². The van der Waals surface area contributed by atoms with E-state index in [1.54, 1.807) is 12.3 Å². The van der Waals surface area contributed by atoms with Crippen molar-refractivity contribution in [3.8, 4) is 11.8 Å². The summed E-state index contributed by atoms with van der Waals surface area (Å²) in [7, 11) is 0. The number of rotatable bonds is 5. The number of hydrogen-bond acceptors (Lipinski definition) is 6. The summed E-state index contributed by atoms with van der Waals surface area (Å²) in [5, 5.41) is 4.79. The van der Waals surface area contributed by atoms with Crippen LogP contribution in [-0.2, 0) is 6.54 Å². The number of nitrogens with zero attached hydrogens (tertiary/aromatic N) is 3. The number of benzene rings is 3. The Hall–Kier alpha value is -3.84. The summed E-state index contributed by atoms with van der Waals surface area (Å²) in [5.74, 6) is 1.35. The van der Waals surface area contributed by atoms with Crippen LogP contribution in [-0.4, -0.2) is 19.9 Å². The van der Waals surface area contributed by atoms with E-state index >= 15 is 0 Å². The molecule has 4 N–H and O–H groups in total. The number of hydrogen-bond donors (Lipinski definition) is 3. The third-order valence-corrected chi connectivity index (χ3v) is 4.85. The molecule has 0 spiro atoms. The number of fused-ring (bicyclic) bond motifs is 2. The van der Waals surface area contributed by atoms with Crippen molar-refractivity contribution in [1.29, 1.82) is 0 Å². The molecule has 0 saturated heterocycles. The van der Waals surface area contributed by atoms with Crippen molar-refractivity contribution < 1.29 is 4.74 Å². The average molecular weight is 417 g/mol. The topological polar surface area (TPSA) is 102 Å². The lowest BCUT2D eigenvalue weighted by Crippen LogP contribution is -2.00. The highest BCUT2D eigenvalue weighted by molar-refractivity contribution is 6.31. The van der Waals surface area contributed by atoms with Crippen molar-refractivity contribution in [3.63, 3.8) is 0 Å². The molecule has 0 aliphatic rings. The summed E-state index contributed by atoms with van der Waals surface area (Å²) in [5.41, 5.74) is 10.1. The Bertz CT molecular complexity index is 1350. The van der Waals surface area contributed by atoms with Gasteiger partial charge in [0.2, 0.25) is 5.95 Å². The maximum absolute atomic E-state index is 5.99. The molecular formula is C22H17ClN6O. The van der Waals surface area contributed by atoms with Crippen molar-refractivity contribution in [3.05, 3.63) is 77.4 Å². The maximum Gasteiger partial charge on any atom is 0.322 e. The predicted molar refractivity (Wildman–Crippen MR) is 119 cm³/mol. The zero-order chi connectivity index (χ0) is 20.5. The van der Waals surface area contributed by atoms with E-state index in [1.807, 2.05) is 54.6 Å². The Morgan fingerprint density at radius 1 is 0.967 bits per heavy atom. The van der Waals surface area contributed by atoms with Gasteiger partial charge in [-0.3, -0.25) is 0 Å². The Labute approximate surface area is 176 Å². The van der Waals surface area contributed by atoms with Crippen LogP contribution in [0.3, 0.4) is 0 Å². The van der Waals surface area contributed by atoms with Gasteiger partial charge >= 0.3 is 6.01 Å². The van der Waals surface area contributed by atoms with E-state index in [0.29, 0.717) is 29.0 Å². The zero-order valence-electron chi connectivity index (χ0n) is 15.8. The fraction of sp³-hybridized carbons (Fsp3) is 0.0455.